The molecule has 52 heavy (non-hydrogen) atoms. The molecule has 0 saturated heterocycles. The predicted molar refractivity (Wildman–Crippen MR) is 233 cm³/mol. The van der Waals surface area contributed by atoms with Crippen LogP contribution in [0.3, 0.4) is 0 Å². The van der Waals surface area contributed by atoms with E-state index >= 15 is 0 Å². The molecule has 2 aliphatic carbocycles. The van der Waals surface area contributed by atoms with E-state index in [9.17, 15) is 4.79 Å². The van der Waals surface area contributed by atoms with Crippen molar-refractivity contribution in [2.75, 3.05) is 0 Å². The Bertz CT molecular complexity index is 1520. The summed E-state index contributed by atoms with van der Waals surface area (Å²) >= 11 is 0. The van der Waals surface area contributed by atoms with Gasteiger partial charge in [0.1, 0.15) is 0 Å². The molecular weight excluding hydrogens is 629 g/mol. The molecule has 286 valence electrons. The van der Waals surface area contributed by atoms with Gasteiger partial charge >= 0.3 is 0 Å². The van der Waals surface area contributed by atoms with E-state index in [1.54, 1.807) is 5.57 Å². The molecule has 0 amide bonds. The summed E-state index contributed by atoms with van der Waals surface area (Å²) in [5.74, 6) is 0.419. The third kappa shape index (κ3) is 17.1. The molecule has 1 saturated carbocycles. The molecule has 0 heterocycles. The van der Waals surface area contributed by atoms with Gasteiger partial charge in [-0.1, -0.05) is 112 Å². The van der Waals surface area contributed by atoms with Gasteiger partial charge in [0.25, 0.3) is 0 Å². The van der Waals surface area contributed by atoms with Crippen molar-refractivity contribution in [1.82, 2.24) is 0 Å². The van der Waals surface area contributed by atoms with Gasteiger partial charge in [-0.25, -0.2) is 0 Å². The summed E-state index contributed by atoms with van der Waals surface area (Å²) in [6, 6.07) is 0. The first-order valence-electron chi connectivity index (χ1n) is 20.7. The molecule has 1 unspecified atom stereocenters. The molecule has 0 N–H and O–H groups in total. The maximum absolute atomic E-state index is 13.3. The lowest BCUT2D eigenvalue weighted by atomic mass is 9.70. The summed E-state index contributed by atoms with van der Waals surface area (Å²) in [6.45, 7) is 24.4. The van der Waals surface area contributed by atoms with Gasteiger partial charge in [0, 0.05) is 17.1 Å². The fourth-order valence-corrected chi connectivity index (χ4v) is 7.20. The highest BCUT2D eigenvalue weighted by Gasteiger charge is 2.33. The third-order valence-electron chi connectivity index (χ3n) is 11.0. The molecule has 0 aromatic carbocycles. The second-order valence-corrected chi connectivity index (χ2v) is 16.2. The molecule has 2 rings (SSSR count). The van der Waals surface area contributed by atoms with E-state index in [1.165, 1.54) is 95.1 Å². The summed E-state index contributed by atoms with van der Waals surface area (Å²) in [4.78, 5) is 13.3. The smallest absolute Gasteiger partial charge is 0.185 e. The molecule has 2 aliphatic rings. The van der Waals surface area contributed by atoms with Crippen LogP contribution in [0.1, 0.15) is 179 Å². The molecular formula is C51H76O. The van der Waals surface area contributed by atoms with Crippen LogP contribution < -0.4 is 0 Å². The molecule has 1 heteroatoms. The lowest BCUT2D eigenvalue weighted by molar-refractivity contribution is -0.112. The fraction of sp³-hybridized carbons (Fsp3) is 0.549. The van der Waals surface area contributed by atoms with E-state index in [0.717, 1.165) is 68.9 Å². The summed E-state index contributed by atoms with van der Waals surface area (Å²) < 4.78 is 0. The first-order valence-corrected chi connectivity index (χ1v) is 20.7. The third-order valence-corrected chi connectivity index (χ3v) is 11.0. The lowest BCUT2D eigenvalue weighted by Crippen LogP contribution is -2.25. The minimum Gasteiger partial charge on any atom is -0.289 e. The van der Waals surface area contributed by atoms with Crippen molar-refractivity contribution in [2.24, 2.45) is 5.92 Å². The van der Waals surface area contributed by atoms with Crippen LogP contribution in [0.4, 0.5) is 0 Å². The Hall–Kier alpha value is -3.19. The maximum atomic E-state index is 13.3. The molecule has 1 nitrogen and oxygen atoms in total. The zero-order chi connectivity index (χ0) is 38.5. The number of carbonyl (C=O) groups excluding carboxylic acids is 1. The molecule has 1 fully saturated rings. The number of hydrogen-bond acceptors (Lipinski definition) is 1. The molecule has 0 bridgehead atoms. The molecule has 0 spiro atoms. The van der Waals surface area contributed by atoms with Gasteiger partial charge in [-0.15, -0.1) is 0 Å². The Balaban J connectivity index is 1.73. The van der Waals surface area contributed by atoms with Gasteiger partial charge < -0.3 is 0 Å². The van der Waals surface area contributed by atoms with Crippen LogP contribution >= 0.6 is 0 Å². The molecule has 0 aliphatic heterocycles. The number of hydrogen-bond donors (Lipinski definition) is 0. The number of Topliss-reactive ketones (excluding diaryl/α,β-unsaturated/α-hetero) is 1. The van der Waals surface area contributed by atoms with Crippen LogP contribution in [-0.4, -0.2) is 5.78 Å². The number of carbonyl (C=O) groups is 1. The highest BCUT2D eigenvalue weighted by Crippen LogP contribution is 2.44. The van der Waals surface area contributed by atoms with Crippen molar-refractivity contribution in [1.29, 1.82) is 0 Å². The van der Waals surface area contributed by atoms with Crippen molar-refractivity contribution in [3.63, 3.8) is 0 Å². The lowest BCUT2D eigenvalue weighted by Gasteiger charge is -2.33. The highest BCUT2D eigenvalue weighted by atomic mass is 16.1. The Morgan fingerprint density at radius 3 is 1.33 bits per heavy atom. The van der Waals surface area contributed by atoms with Gasteiger partial charge in [0.05, 0.1) is 0 Å². The van der Waals surface area contributed by atoms with Crippen LogP contribution in [0.15, 0.2) is 128 Å². The maximum Gasteiger partial charge on any atom is 0.185 e. The average Bonchev–Trinajstić information content (AvgIpc) is 3.06. The normalized spacial score (nSPS) is 19.4. The monoisotopic (exact) mass is 705 g/mol. The summed E-state index contributed by atoms with van der Waals surface area (Å²) in [6.07, 6.45) is 41.3. The Morgan fingerprint density at radius 1 is 0.596 bits per heavy atom. The topological polar surface area (TPSA) is 17.1 Å². The van der Waals surface area contributed by atoms with E-state index in [-0.39, 0.29) is 11.7 Å². The quantitative estimate of drug-likeness (QED) is 0.0859. The zero-order valence-electron chi connectivity index (χ0n) is 35.6. The van der Waals surface area contributed by atoms with E-state index in [0.29, 0.717) is 0 Å². The Morgan fingerprint density at radius 2 is 0.981 bits per heavy atom. The number of rotatable bonds is 21. The first kappa shape index (κ1) is 45.0. The Labute approximate surface area is 322 Å². The van der Waals surface area contributed by atoms with Gasteiger partial charge in [-0.2, -0.15) is 0 Å². The molecule has 1 atom stereocenters. The predicted octanol–water partition coefficient (Wildman–Crippen LogP) is 16.2. The molecule has 0 aromatic rings. The van der Waals surface area contributed by atoms with E-state index in [2.05, 4.69) is 105 Å². The standard InChI is InChI=1S/C51H76O/c1-12-13-35-49-45(10)50(47-33-20-34-47)48(46(11)51(49)52)37-36-44(9)32-19-31-43(8)30-18-29-42(7)28-17-27-41(6)26-16-25-40(5)24-15-23-39(4)22-14-21-38(2)3/h12-13,21,23,25,27,29,31,35-36,45H,14-20,22,24,26,28,30,32-34,37H2,1-11H3/b13-12-,39-23+,40-25+,41-27+,42-29+,43-31+,44-36+,49-35+. The van der Waals surface area contributed by atoms with Crippen LogP contribution in [0.25, 0.3) is 0 Å². The van der Waals surface area contributed by atoms with Crippen LogP contribution in [0.5, 0.6) is 0 Å². The number of ketones is 1. The van der Waals surface area contributed by atoms with Crippen molar-refractivity contribution in [3.05, 3.63) is 128 Å². The van der Waals surface area contributed by atoms with Gasteiger partial charge in [-0.3, -0.25) is 4.79 Å². The summed E-state index contributed by atoms with van der Waals surface area (Å²) in [5, 5.41) is 0. The Kier molecular flexibility index (Phi) is 21.6. The molecule has 0 radical (unpaired) electrons. The van der Waals surface area contributed by atoms with Gasteiger partial charge in [-0.05, 0) is 183 Å². The van der Waals surface area contributed by atoms with Crippen LogP contribution in [0, 0.1) is 5.92 Å². The van der Waals surface area contributed by atoms with Gasteiger partial charge in [0.15, 0.2) is 5.78 Å². The van der Waals surface area contributed by atoms with E-state index < -0.39 is 0 Å². The largest absolute Gasteiger partial charge is 0.289 e. The average molecular weight is 705 g/mol. The van der Waals surface area contributed by atoms with Crippen molar-refractivity contribution >= 4 is 5.78 Å². The van der Waals surface area contributed by atoms with Crippen LogP contribution in [0.2, 0.25) is 0 Å². The summed E-state index contributed by atoms with van der Waals surface area (Å²) in [5.41, 5.74) is 16.6. The first-order chi connectivity index (χ1) is 24.8. The highest BCUT2D eigenvalue weighted by molar-refractivity contribution is 6.11. The second kappa shape index (κ2) is 24.9. The van der Waals surface area contributed by atoms with Crippen molar-refractivity contribution in [3.8, 4) is 0 Å². The summed E-state index contributed by atoms with van der Waals surface area (Å²) in [7, 11) is 0. The second-order valence-electron chi connectivity index (χ2n) is 16.2. The van der Waals surface area contributed by atoms with Crippen molar-refractivity contribution < 1.29 is 4.79 Å². The minimum absolute atomic E-state index is 0.188. The fourth-order valence-electron chi connectivity index (χ4n) is 7.20. The SMILES string of the molecule is C/C=C\C=C1\C(=O)C(C)=C(C/C=C(\C)CC/C=C(\C)CC/C=C(\C)CC/C=C(\C)CC/C=C(\C)CC/C=C(\C)CCC=C(C)C)C(=C2CCC2)C1C. The van der Waals surface area contributed by atoms with Crippen molar-refractivity contribution in [2.45, 2.75) is 179 Å². The van der Waals surface area contributed by atoms with E-state index in [1.807, 2.05) is 32.1 Å². The van der Waals surface area contributed by atoms with Crippen LogP contribution in [-0.2, 0) is 4.79 Å². The molecule has 0 aromatic heterocycles. The zero-order valence-corrected chi connectivity index (χ0v) is 35.6. The van der Waals surface area contributed by atoms with E-state index in [4.69, 9.17) is 0 Å². The number of allylic oxidation sites excluding steroid dienone is 22. The minimum atomic E-state index is 0.188. The van der Waals surface area contributed by atoms with Gasteiger partial charge in [0.2, 0.25) is 0 Å².